The van der Waals surface area contributed by atoms with E-state index in [9.17, 15) is 0 Å². The molecule has 6 nitrogen and oxygen atoms in total. The van der Waals surface area contributed by atoms with Crippen LogP contribution in [0.4, 0.5) is 34.3 Å². The molecule has 0 atom stereocenters. The number of hydrogen-bond acceptors (Lipinski definition) is 4. The molecule has 0 saturated heterocycles. The Morgan fingerprint density at radius 3 is 1.46 bits per heavy atom. The Hall–Kier alpha value is -8.31. The van der Waals surface area contributed by atoms with Crippen molar-refractivity contribution in [2.45, 2.75) is 105 Å². The molecular formula is C76H73N5OPt. The Morgan fingerprint density at radius 2 is 0.843 bits per heavy atom. The molecule has 0 spiro atoms. The quantitative estimate of drug-likeness (QED) is 0.159. The van der Waals surface area contributed by atoms with E-state index >= 15 is 0 Å². The summed E-state index contributed by atoms with van der Waals surface area (Å²) >= 11 is 2.54. The second-order valence-electron chi connectivity index (χ2n) is 26.2. The SMILES string of the molecule is CC(C)(C)c1cccc(N2c3ccccc3-c3ccccc3N(c3cc(C(C)(C)C)ccn3)c3cc(Oc4cccc(-n5[c](=[Pt])n(-c6cc(C(C)(C)C)cc(C(C)(C)C)c6)c6cc(-c7ccccc7)ccc65)c4)ccc3-c3ccccc32)c1. The average molecular weight is 1270 g/mol. The fraction of sp³-hybridized carbons (Fsp3) is 0.211. The molecule has 0 unspecified atom stereocenters. The number of rotatable bonds is 7. The summed E-state index contributed by atoms with van der Waals surface area (Å²) in [5.74, 6) is 2.23. The number of para-hydroxylation sites is 3. The van der Waals surface area contributed by atoms with Crippen molar-refractivity contribution >= 4 is 45.3 Å². The van der Waals surface area contributed by atoms with Crippen molar-refractivity contribution in [1.82, 2.24) is 14.1 Å². The molecule has 418 valence electrons. The van der Waals surface area contributed by atoms with Gasteiger partial charge in [-0.1, -0.05) is 102 Å². The van der Waals surface area contributed by atoms with Gasteiger partial charge in [-0.05, 0) is 52.3 Å². The van der Waals surface area contributed by atoms with Crippen LogP contribution in [0, 0.1) is 3.80 Å². The van der Waals surface area contributed by atoms with E-state index in [4.69, 9.17) is 9.72 Å². The first kappa shape index (κ1) is 55.2. The molecule has 3 heterocycles. The Bertz CT molecular complexity index is 4300. The van der Waals surface area contributed by atoms with Crippen LogP contribution in [0.3, 0.4) is 0 Å². The third-order valence-corrected chi connectivity index (χ3v) is 17.2. The molecule has 0 aliphatic carbocycles. The normalized spacial score (nSPS) is 12.8. The van der Waals surface area contributed by atoms with Crippen molar-refractivity contribution in [2.75, 3.05) is 9.80 Å². The van der Waals surface area contributed by atoms with E-state index in [0.29, 0.717) is 5.75 Å². The van der Waals surface area contributed by atoms with Crippen LogP contribution < -0.4 is 14.5 Å². The summed E-state index contributed by atoms with van der Waals surface area (Å²) < 4.78 is 13.1. The molecular weight excluding hydrogens is 1190 g/mol. The predicted molar refractivity (Wildman–Crippen MR) is 344 cm³/mol. The molecule has 83 heavy (non-hydrogen) atoms. The van der Waals surface area contributed by atoms with E-state index in [-0.39, 0.29) is 21.7 Å². The number of nitrogens with zero attached hydrogens (tertiary/aromatic N) is 5. The summed E-state index contributed by atoms with van der Waals surface area (Å²) in [6, 6.07) is 79.7. The predicted octanol–water partition coefficient (Wildman–Crippen LogP) is 21.1. The molecule has 0 bridgehead atoms. The molecule has 0 amide bonds. The number of fused-ring (bicyclic) bond motifs is 7. The zero-order valence-electron chi connectivity index (χ0n) is 49.8. The smallest absolute Gasteiger partial charge is 0.0615 e. The maximum atomic E-state index is 7.21. The Kier molecular flexibility index (Phi) is 14.1. The molecule has 0 N–H and O–H groups in total. The molecule has 0 saturated carbocycles. The van der Waals surface area contributed by atoms with E-state index in [1.54, 1.807) is 0 Å². The summed E-state index contributed by atoms with van der Waals surface area (Å²) in [6.45, 7) is 27.5. The Balaban J connectivity index is 1.06. The van der Waals surface area contributed by atoms with E-state index < -0.39 is 0 Å². The van der Waals surface area contributed by atoms with Crippen molar-refractivity contribution in [2.24, 2.45) is 0 Å². The van der Waals surface area contributed by atoms with Crippen molar-refractivity contribution in [3.8, 4) is 56.3 Å². The standard InChI is InChI=1S/C76H73N5O.Pt/c1-73(2,3)53-26-22-28-58(44-53)80-66-33-19-16-30-62(66)63-31-18-21-35-68(63)81(72-47-54(40-41-77-72)74(4,5)6)70-49-61(37-38-65(70)64-32-17-20-34-67(64)80)82-60-29-23-27-57(48-60)78-50-79(59-45-55(75(7,8)9)43-56(46-59)76(10,11)12)71-42-52(36-39-69(71)78)51-24-14-13-15-25-51;/h13-49H,1-12H3;. The fourth-order valence-corrected chi connectivity index (χ4v) is 12.6. The van der Waals surface area contributed by atoms with Crippen LogP contribution >= 0.6 is 0 Å². The molecule has 1 aliphatic heterocycles. The molecule has 0 radical (unpaired) electrons. The number of pyridine rings is 1. The van der Waals surface area contributed by atoms with Crippen LogP contribution in [0.15, 0.2) is 225 Å². The van der Waals surface area contributed by atoms with Crippen LogP contribution in [-0.2, 0) is 41.0 Å². The number of benzene rings is 9. The van der Waals surface area contributed by atoms with Gasteiger partial charge >= 0.3 is 322 Å². The van der Waals surface area contributed by atoms with Crippen LogP contribution in [-0.4, -0.2) is 14.1 Å². The monoisotopic (exact) mass is 1270 g/mol. The van der Waals surface area contributed by atoms with Gasteiger partial charge in [-0.2, -0.15) is 0 Å². The number of hydrogen-bond donors (Lipinski definition) is 0. The average Bonchev–Trinajstić information content (AvgIpc) is 2.23. The van der Waals surface area contributed by atoms with Gasteiger partial charge < -0.3 is 4.90 Å². The van der Waals surface area contributed by atoms with Gasteiger partial charge in [-0.3, -0.25) is 0 Å². The second-order valence-corrected chi connectivity index (χ2v) is 27.2. The first-order valence-electron chi connectivity index (χ1n) is 28.9. The molecule has 7 heteroatoms. The van der Waals surface area contributed by atoms with Crippen LogP contribution in [0.2, 0.25) is 0 Å². The topological polar surface area (TPSA) is 38.5 Å². The van der Waals surface area contributed by atoms with E-state index in [0.717, 1.165) is 94.0 Å². The summed E-state index contributed by atoms with van der Waals surface area (Å²) in [7, 11) is 0. The molecule has 2 aromatic heterocycles. The second kappa shape index (κ2) is 21.1. The van der Waals surface area contributed by atoms with Gasteiger partial charge in [0.1, 0.15) is 0 Å². The first-order valence-corrected chi connectivity index (χ1v) is 30.1. The van der Waals surface area contributed by atoms with Gasteiger partial charge in [0.25, 0.3) is 0 Å². The third kappa shape index (κ3) is 10.6. The van der Waals surface area contributed by atoms with Crippen LogP contribution in [0.1, 0.15) is 105 Å². The maximum absolute atomic E-state index is 7.21. The number of ether oxygens (including phenoxy) is 1. The summed E-state index contributed by atoms with van der Waals surface area (Å²) in [6.07, 6.45) is 1.96. The molecule has 9 aromatic carbocycles. The van der Waals surface area contributed by atoms with Crippen LogP contribution in [0.25, 0.3) is 55.8 Å². The van der Waals surface area contributed by atoms with Crippen molar-refractivity contribution in [3.63, 3.8) is 0 Å². The van der Waals surface area contributed by atoms with Gasteiger partial charge in [0, 0.05) is 17.4 Å². The van der Waals surface area contributed by atoms with Gasteiger partial charge in [0.2, 0.25) is 0 Å². The zero-order valence-corrected chi connectivity index (χ0v) is 52.1. The van der Waals surface area contributed by atoms with Gasteiger partial charge in [0.15, 0.2) is 0 Å². The molecule has 12 rings (SSSR count). The molecule has 1 aliphatic rings. The van der Waals surface area contributed by atoms with Gasteiger partial charge in [-0.15, -0.1) is 0 Å². The number of anilines is 6. The minimum Gasteiger partial charge on any atom is -0.0615 e. The summed E-state index contributed by atoms with van der Waals surface area (Å²) in [5.41, 5.74) is 20.9. The fourth-order valence-electron chi connectivity index (χ4n) is 11.5. The van der Waals surface area contributed by atoms with E-state index in [2.05, 4.69) is 340 Å². The zero-order chi connectivity index (χ0) is 58.2. The molecule has 0 fully saturated rings. The van der Waals surface area contributed by atoms with Crippen LogP contribution in [0.5, 0.6) is 11.5 Å². The third-order valence-electron chi connectivity index (χ3n) is 16.2. The molecule has 11 aromatic rings. The van der Waals surface area contributed by atoms with E-state index in [1.807, 2.05) is 6.20 Å². The Labute approximate surface area is 501 Å². The van der Waals surface area contributed by atoms with Gasteiger partial charge in [-0.25, -0.2) is 0 Å². The number of imidazole rings is 1. The van der Waals surface area contributed by atoms with Gasteiger partial charge in [0.05, 0.1) is 5.69 Å². The van der Waals surface area contributed by atoms with Crippen molar-refractivity contribution < 1.29 is 24.1 Å². The number of aromatic nitrogens is 3. The summed E-state index contributed by atoms with van der Waals surface area (Å²) in [5, 5.41) is 0. The van der Waals surface area contributed by atoms with Crippen molar-refractivity contribution in [1.29, 1.82) is 0 Å². The summed E-state index contributed by atoms with van der Waals surface area (Å²) in [4.78, 5) is 10.1. The van der Waals surface area contributed by atoms with E-state index in [1.165, 1.54) is 27.8 Å². The first-order chi connectivity index (χ1) is 39.6. The minimum absolute atomic E-state index is 0.0593. The van der Waals surface area contributed by atoms with Crippen molar-refractivity contribution in [3.05, 3.63) is 251 Å². The minimum atomic E-state index is -0.132. The Morgan fingerprint density at radius 1 is 0.337 bits per heavy atom.